The molecule has 0 aliphatic rings. The molecule has 0 aliphatic heterocycles. The number of ether oxygens (including phenoxy) is 1. The quantitative estimate of drug-likeness (QED) is 0.805. The second-order valence-corrected chi connectivity index (χ2v) is 5.45. The Morgan fingerprint density at radius 3 is 2.60 bits per heavy atom. The Hall–Kier alpha value is -1.55. The van der Waals surface area contributed by atoms with E-state index in [0.29, 0.717) is 12.2 Å². The van der Waals surface area contributed by atoms with Crippen LogP contribution in [0.3, 0.4) is 0 Å². The first kappa shape index (κ1) is 16.5. The van der Waals surface area contributed by atoms with Crippen LogP contribution in [0.2, 0.25) is 0 Å². The van der Waals surface area contributed by atoms with Crippen LogP contribution in [0.4, 0.5) is 0 Å². The molecule has 1 rings (SSSR count). The van der Waals surface area contributed by atoms with Crippen molar-refractivity contribution < 1.29 is 14.6 Å². The molecule has 1 aromatic carbocycles. The van der Waals surface area contributed by atoms with Crippen molar-refractivity contribution >= 4 is 5.91 Å². The van der Waals surface area contributed by atoms with Gasteiger partial charge in [0.25, 0.3) is 5.91 Å². The fourth-order valence-corrected chi connectivity index (χ4v) is 1.96. The standard InChI is InChI=1S/C16H25NO3/c1-11(2)15(8-9-18)17-16(19)13(4)20-14-7-5-6-12(3)10-14/h5-7,10-11,13,15,18H,8-9H2,1-4H3,(H,17,19). The normalized spacial score (nSPS) is 13.9. The largest absolute Gasteiger partial charge is 0.481 e. The molecule has 4 heteroatoms. The maximum Gasteiger partial charge on any atom is 0.261 e. The molecule has 0 radical (unpaired) electrons. The highest BCUT2D eigenvalue weighted by molar-refractivity contribution is 5.81. The van der Waals surface area contributed by atoms with Gasteiger partial charge in [0.05, 0.1) is 0 Å². The zero-order chi connectivity index (χ0) is 15.1. The Labute approximate surface area is 121 Å². The fourth-order valence-electron chi connectivity index (χ4n) is 1.96. The summed E-state index contributed by atoms with van der Waals surface area (Å²) in [4.78, 5) is 12.1. The minimum atomic E-state index is -0.559. The summed E-state index contributed by atoms with van der Waals surface area (Å²) in [6, 6.07) is 7.59. The number of nitrogens with one attached hydrogen (secondary N) is 1. The number of benzene rings is 1. The molecular weight excluding hydrogens is 254 g/mol. The Morgan fingerprint density at radius 1 is 1.35 bits per heavy atom. The van der Waals surface area contributed by atoms with Crippen molar-refractivity contribution in [1.29, 1.82) is 0 Å². The van der Waals surface area contributed by atoms with E-state index in [4.69, 9.17) is 9.84 Å². The van der Waals surface area contributed by atoms with Gasteiger partial charge in [-0.25, -0.2) is 0 Å². The summed E-state index contributed by atoms with van der Waals surface area (Å²) < 4.78 is 5.64. The van der Waals surface area contributed by atoms with Gasteiger partial charge in [-0.3, -0.25) is 4.79 Å². The summed E-state index contributed by atoms with van der Waals surface area (Å²) in [5.74, 6) is 0.812. The number of aryl methyl sites for hydroxylation is 1. The molecule has 1 amide bonds. The van der Waals surface area contributed by atoms with Gasteiger partial charge < -0.3 is 15.2 Å². The Morgan fingerprint density at radius 2 is 2.05 bits per heavy atom. The van der Waals surface area contributed by atoms with Gasteiger partial charge in [0.2, 0.25) is 0 Å². The third-order valence-corrected chi connectivity index (χ3v) is 3.24. The summed E-state index contributed by atoms with van der Waals surface area (Å²) in [5.41, 5.74) is 1.09. The molecule has 0 aromatic heterocycles. The van der Waals surface area contributed by atoms with E-state index in [9.17, 15) is 4.79 Å². The van der Waals surface area contributed by atoms with Crippen LogP contribution in [0, 0.1) is 12.8 Å². The second-order valence-electron chi connectivity index (χ2n) is 5.45. The zero-order valence-electron chi connectivity index (χ0n) is 12.7. The molecule has 2 N–H and O–H groups in total. The molecule has 1 aromatic rings. The smallest absolute Gasteiger partial charge is 0.261 e. The average Bonchev–Trinajstić information content (AvgIpc) is 2.37. The van der Waals surface area contributed by atoms with Crippen LogP contribution < -0.4 is 10.1 Å². The van der Waals surface area contributed by atoms with Gasteiger partial charge in [0.1, 0.15) is 5.75 Å². The van der Waals surface area contributed by atoms with E-state index >= 15 is 0 Å². The third kappa shape index (κ3) is 5.21. The highest BCUT2D eigenvalue weighted by Gasteiger charge is 2.20. The molecule has 0 saturated carbocycles. The first-order chi connectivity index (χ1) is 9.43. The van der Waals surface area contributed by atoms with Crippen LogP contribution in [0.25, 0.3) is 0 Å². The van der Waals surface area contributed by atoms with Gasteiger partial charge in [0, 0.05) is 12.6 Å². The number of aliphatic hydroxyl groups excluding tert-OH is 1. The Balaban J connectivity index is 2.58. The van der Waals surface area contributed by atoms with E-state index in [1.807, 2.05) is 45.0 Å². The van der Waals surface area contributed by atoms with Crippen LogP contribution in [-0.4, -0.2) is 29.8 Å². The van der Waals surface area contributed by atoms with Crippen molar-refractivity contribution in [3.8, 4) is 5.75 Å². The van der Waals surface area contributed by atoms with Crippen LogP contribution in [0.5, 0.6) is 5.75 Å². The lowest BCUT2D eigenvalue weighted by Crippen LogP contribution is -2.45. The number of hydrogen-bond donors (Lipinski definition) is 2. The number of rotatable bonds is 7. The fraction of sp³-hybridized carbons (Fsp3) is 0.562. The summed E-state index contributed by atoms with van der Waals surface area (Å²) in [7, 11) is 0. The molecule has 0 bridgehead atoms. The summed E-state index contributed by atoms with van der Waals surface area (Å²) in [5, 5.41) is 11.9. The van der Waals surface area contributed by atoms with E-state index in [2.05, 4.69) is 5.32 Å². The highest BCUT2D eigenvalue weighted by atomic mass is 16.5. The van der Waals surface area contributed by atoms with Gasteiger partial charge in [-0.15, -0.1) is 0 Å². The second kappa shape index (κ2) is 7.90. The maximum atomic E-state index is 12.1. The number of hydrogen-bond acceptors (Lipinski definition) is 3. The number of amides is 1. The van der Waals surface area contributed by atoms with Crippen molar-refractivity contribution in [3.05, 3.63) is 29.8 Å². The Kier molecular flexibility index (Phi) is 6.52. The molecule has 112 valence electrons. The minimum Gasteiger partial charge on any atom is -0.481 e. The Bertz CT molecular complexity index is 431. The van der Waals surface area contributed by atoms with Gasteiger partial charge >= 0.3 is 0 Å². The van der Waals surface area contributed by atoms with E-state index < -0.39 is 6.10 Å². The molecule has 0 saturated heterocycles. The van der Waals surface area contributed by atoms with E-state index in [-0.39, 0.29) is 24.5 Å². The molecule has 2 unspecified atom stereocenters. The molecular formula is C16H25NO3. The summed E-state index contributed by atoms with van der Waals surface area (Å²) in [6.45, 7) is 7.82. The molecule has 0 aliphatic carbocycles. The van der Waals surface area contributed by atoms with Crippen molar-refractivity contribution in [2.75, 3.05) is 6.61 Å². The molecule has 2 atom stereocenters. The molecule has 0 heterocycles. The van der Waals surface area contributed by atoms with Gasteiger partial charge in [0.15, 0.2) is 6.10 Å². The van der Waals surface area contributed by atoms with Crippen LogP contribution in [0.1, 0.15) is 32.8 Å². The van der Waals surface area contributed by atoms with Crippen molar-refractivity contribution in [3.63, 3.8) is 0 Å². The van der Waals surface area contributed by atoms with Crippen molar-refractivity contribution in [2.45, 2.75) is 46.3 Å². The summed E-state index contributed by atoms with van der Waals surface area (Å²) >= 11 is 0. The van der Waals surface area contributed by atoms with Gasteiger partial charge in [-0.05, 0) is 43.9 Å². The molecule has 0 fully saturated rings. The number of aliphatic hydroxyl groups is 1. The van der Waals surface area contributed by atoms with Crippen molar-refractivity contribution in [2.24, 2.45) is 5.92 Å². The predicted octanol–water partition coefficient (Wildman–Crippen LogP) is 2.29. The van der Waals surface area contributed by atoms with E-state index in [0.717, 1.165) is 5.56 Å². The lowest BCUT2D eigenvalue weighted by Gasteiger charge is -2.24. The monoisotopic (exact) mass is 279 g/mol. The van der Waals surface area contributed by atoms with Gasteiger partial charge in [-0.2, -0.15) is 0 Å². The van der Waals surface area contributed by atoms with Crippen LogP contribution in [-0.2, 0) is 4.79 Å². The molecule has 0 spiro atoms. The van der Waals surface area contributed by atoms with Crippen molar-refractivity contribution in [1.82, 2.24) is 5.32 Å². The highest BCUT2D eigenvalue weighted by Crippen LogP contribution is 2.14. The van der Waals surface area contributed by atoms with Gasteiger partial charge in [-0.1, -0.05) is 26.0 Å². The maximum absolute atomic E-state index is 12.1. The van der Waals surface area contributed by atoms with Crippen LogP contribution in [0.15, 0.2) is 24.3 Å². The lowest BCUT2D eigenvalue weighted by atomic mass is 10.0. The number of carbonyl (C=O) groups is 1. The molecule has 4 nitrogen and oxygen atoms in total. The lowest BCUT2D eigenvalue weighted by molar-refractivity contribution is -0.128. The van der Waals surface area contributed by atoms with E-state index in [1.165, 1.54) is 0 Å². The first-order valence-corrected chi connectivity index (χ1v) is 7.08. The first-order valence-electron chi connectivity index (χ1n) is 7.08. The van der Waals surface area contributed by atoms with E-state index in [1.54, 1.807) is 6.92 Å². The predicted molar refractivity (Wildman–Crippen MR) is 79.7 cm³/mol. The average molecular weight is 279 g/mol. The van der Waals surface area contributed by atoms with Crippen LogP contribution >= 0.6 is 0 Å². The summed E-state index contributed by atoms with van der Waals surface area (Å²) in [6.07, 6.45) is -0.00245. The topological polar surface area (TPSA) is 58.6 Å². The molecule has 20 heavy (non-hydrogen) atoms. The number of carbonyl (C=O) groups excluding carboxylic acids is 1. The minimum absolute atomic E-state index is 0.0314. The SMILES string of the molecule is Cc1cccc(OC(C)C(=O)NC(CCO)C(C)C)c1. The zero-order valence-corrected chi connectivity index (χ0v) is 12.7. The third-order valence-electron chi connectivity index (χ3n) is 3.24.